The van der Waals surface area contributed by atoms with E-state index in [1.54, 1.807) is 0 Å². The van der Waals surface area contributed by atoms with Crippen molar-refractivity contribution < 1.29 is 4.79 Å². The van der Waals surface area contributed by atoms with Gasteiger partial charge in [-0.3, -0.25) is 4.79 Å². The quantitative estimate of drug-likeness (QED) is 0.678. The van der Waals surface area contributed by atoms with Crippen LogP contribution in [-0.4, -0.2) is 19.0 Å². The van der Waals surface area contributed by atoms with Gasteiger partial charge in [-0.2, -0.15) is 0 Å². The Morgan fingerprint density at radius 2 is 1.88 bits per heavy atom. The van der Waals surface area contributed by atoms with E-state index in [1.165, 1.54) is 25.7 Å². The summed E-state index contributed by atoms with van der Waals surface area (Å²) >= 11 is 0. The van der Waals surface area contributed by atoms with Crippen molar-refractivity contribution in [1.82, 2.24) is 5.32 Å². The highest BCUT2D eigenvalue weighted by molar-refractivity contribution is 5.75. The molecule has 0 aromatic rings. The third-order valence-corrected chi connectivity index (χ3v) is 4.26. The first-order valence-corrected chi connectivity index (χ1v) is 7.17. The van der Waals surface area contributed by atoms with E-state index in [-0.39, 0.29) is 5.91 Å². The summed E-state index contributed by atoms with van der Waals surface area (Å²) in [5.74, 6) is 3.31. The molecule has 2 aliphatic rings. The van der Waals surface area contributed by atoms with Gasteiger partial charge in [0.2, 0.25) is 5.91 Å². The topological polar surface area (TPSA) is 55.1 Å². The molecular weight excluding hydrogens is 212 g/mol. The van der Waals surface area contributed by atoms with Gasteiger partial charge in [-0.15, -0.1) is 0 Å². The largest absolute Gasteiger partial charge is 0.356 e. The third-order valence-electron chi connectivity index (χ3n) is 4.26. The van der Waals surface area contributed by atoms with Crippen LogP contribution in [0.25, 0.3) is 0 Å². The lowest BCUT2D eigenvalue weighted by Gasteiger charge is -2.16. The Morgan fingerprint density at radius 1 is 1.29 bits per heavy atom. The predicted octanol–water partition coefficient (Wildman–Crippen LogP) is 1.91. The van der Waals surface area contributed by atoms with Crippen LogP contribution >= 0.6 is 0 Å². The van der Waals surface area contributed by atoms with E-state index in [1.807, 2.05) is 0 Å². The molecule has 2 rings (SSSR count). The van der Waals surface area contributed by atoms with Crippen LogP contribution < -0.4 is 11.1 Å². The highest BCUT2D eigenvalue weighted by atomic mass is 16.1. The number of hydrogen-bond acceptors (Lipinski definition) is 2. The molecule has 98 valence electrons. The van der Waals surface area contributed by atoms with Crippen molar-refractivity contribution in [1.29, 1.82) is 0 Å². The maximum atomic E-state index is 11.7. The lowest BCUT2D eigenvalue weighted by molar-refractivity contribution is -0.121. The van der Waals surface area contributed by atoms with E-state index in [0.29, 0.717) is 18.9 Å². The molecule has 0 saturated heterocycles. The van der Waals surface area contributed by atoms with Gasteiger partial charge in [-0.1, -0.05) is 6.92 Å². The molecule has 2 aliphatic carbocycles. The first-order chi connectivity index (χ1) is 8.20. The molecule has 0 aromatic carbocycles. The molecule has 1 amide bonds. The molecule has 1 atom stereocenters. The number of nitrogens with two attached hydrogens (primary N) is 1. The molecule has 0 aromatic heterocycles. The molecule has 2 saturated carbocycles. The first-order valence-electron chi connectivity index (χ1n) is 7.17. The molecular formula is C14H26N2O. The monoisotopic (exact) mass is 238 g/mol. The van der Waals surface area contributed by atoms with Gasteiger partial charge in [0.05, 0.1) is 0 Å². The van der Waals surface area contributed by atoms with Crippen LogP contribution in [0.3, 0.4) is 0 Å². The van der Waals surface area contributed by atoms with Crippen LogP contribution in [0, 0.1) is 23.7 Å². The SMILES string of the molecule is CC(CN)CCC(=O)NCC(C1CC1)C1CC1. The number of carbonyl (C=O) groups is 1. The third kappa shape index (κ3) is 4.30. The Bertz CT molecular complexity index is 247. The predicted molar refractivity (Wildman–Crippen MR) is 69.4 cm³/mol. The number of amides is 1. The summed E-state index contributed by atoms with van der Waals surface area (Å²) in [7, 11) is 0. The second kappa shape index (κ2) is 5.85. The van der Waals surface area contributed by atoms with Crippen LogP contribution in [0.15, 0.2) is 0 Å². The summed E-state index contributed by atoms with van der Waals surface area (Å²) in [6.07, 6.45) is 7.12. The Morgan fingerprint density at radius 3 is 2.35 bits per heavy atom. The summed E-state index contributed by atoms with van der Waals surface area (Å²) in [4.78, 5) is 11.7. The Kier molecular flexibility index (Phi) is 4.43. The van der Waals surface area contributed by atoms with Gasteiger partial charge in [0, 0.05) is 13.0 Å². The molecule has 0 spiro atoms. The van der Waals surface area contributed by atoms with Gasteiger partial charge in [0.25, 0.3) is 0 Å². The normalized spacial score (nSPS) is 21.6. The molecule has 3 heteroatoms. The van der Waals surface area contributed by atoms with Crippen molar-refractivity contribution >= 4 is 5.91 Å². The molecule has 0 radical (unpaired) electrons. The smallest absolute Gasteiger partial charge is 0.220 e. The second-order valence-corrected chi connectivity index (χ2v) is 6.02. The average Bonchev–Trinajstić information content (AvgIpc) is 3.16. The minimum absolute atomic E-state index is 0.219. The molecule has 3 nitrogen and oxygen atoms in total. The van der Waals surface area contributed by atoms with Crippen molar-refractivity contribution in [3.05, 3.63) is 0 Å². The zero-order chi connectivity index (χ0) is 12.3. The van der Waals surface area contributed by atoms with Crippen molar-refractivity contribution in [3.8, 4) is 0 Å². The summed E-state index contributed by atoms with van der Waals surface area (Å²) in [5, 5.41) is 3.13. The highest BCUT2D eigenvalue weighted by Gasteiger charge is 2.41. The van der Waals surface area contributed by atoms with Gasteiger partial charge < -0.3 is 11.1 Å². The van der Waals surface area contributed by atoms with E-state index in [0.717, 1.165) is 30.7 Å². The number of carbonyl (C=O) groups excluding carboxylic acids is 1. The fraction of sp³-hybridized carbons (Fsp3) is 0.929. The number of rotatable bonds is 8. The van der Waals surface area contributed by atoms with Gasteiger partial charge in [-0.25, -0.2) is 0 Å². The zero-order valence-corrected chi connectivity index (χ0v) is 11.0. The fourth-order valence-electron chi connectivity index (χ4n) is 2.58. The molecule has 0 aliphatic heterocycles. The van der Waals surface area contributed by atoms with Gasteiger partial charge in [-0.05, 0) is 62.3 Å². The summed E-state index contributed by atoms with van der Waals surface area (Å²) in [6.45, 7) is 3.70. The van der Waals surface area contributed by atoms with Crippen LogP contribution in [-0.2, 0) is 4.79 Å². The molecule has 1 unspecified atom stereocenters. The first kappa shape index (κ1) is 12.9. The number of nitrogens with one attached hydrogen (secondary N) is 1. The van der Waals surface area contributed by atoms with E-state index in [2.05, 4.69) is 12.2 Å². The van der Waals surface area contributed by atoms with E-state index >= 15 is 0 Å². The number of hydrogen-bond donors (Lipinski definition) is 2. The average molecular weight is 238 g/mol. The van der Waals surface area contributed by atoms with Crippen LogP contribution in [0.2, 0.25) is 0 Å². The summed E-state index contributed by atoms with van der Waals surface area (Å²) in [5.41, 5.74) is 5.54. The van der Waals surface area contributed by atoms with Crippen molar-refractivity contribution in [2.45, 2.75) is 45.4 Å². The second-order valence-electron chi connectivity index (χ2n) is 6.02. The minimum atomic E-state index is 0.219. The van der Waals surface area contributed by atoms with Crippen LogP contribution in [0.4, 0.5) is 0 Å². The summed E-state index contributed by atoms with van der Waals surface area (Å²) < 4.78 is 0. The Hall–Kier alpha value is -0.570. The highest BCUT2D eigenvalue weighted by Crippen LogP contribution is 2.48. The lowest BCUT2D eigenvalue weighted by Crippen LogP contribution is -2.31. The molecule has 3 N–H and O–H groups in total. The maximum absolute atomic E-state index is 11.7. The van der Waals surface area contributed by atoms with Crippen LogP contribution in [0.5, 0.6) is 0 Å². The van der Waals surface area contributed by atoms with E-state index in [9.17, 15) is 4.79 Å². The van der Waals surface area contributed by atoms with Gasteiger partial charge >= 0.3 is 0 Å². The molecule has 2 fully saturated rings. The van der Waals surface area contributed by atoms with Crippen LogP contribution in [0.1, 0.15) is 45.4 Å². The lowest BCUT2D eigenvalue weighted by atomic mass is 9.98. The minimum Gasteiger partial charge on any atom is -0.356 e. The van der Waals surface area contributed by atoms with Gasteiger partial charge in [0.15, 0.2) is 0 Å². The maximum Gasteiger partial charge on any atom is 0.220 e. The van der Waals surface area contributed by atoms with Crippen molar-refractivity contribution in [2.75, 3.05) is 13.1 Å². The molecule has 17 heavy (non-hydrogen) atoms. The van der Waals surface area contributed by atoms with Crippen molar-refractivity contribution in [3.63, 3.8) is 0 Å². The standard InChI is InChI=1S/C14H26N2O/c1-10(8-15)2-7-14(17)16-9-13(11-3-4-11)12-5-6-12/h10-13H,2-9,15H2,1H3,(H,16,17). The zero-order valence-electron chi connectivity index (χ0n) is 11.0. The van der Waals surface area contributed by atoms with E-state index in [4.69, 9.17) is 5.73 Å². The Labute approximate surface area is 105 Å². The Balaban J connectivity index is 1.61. The fourth-order valence-corrected chi connectivity index (χ4v) is 2.58. The van der Waals surface area contributed by atoms with Gasteiger partial charge in [0.1, 0.15) is 0 Å². The summed E-state index contributed by atoms with van der Waals surface area (Å²) in [6, 6.07) is 0. The molecule has 0 bridgehead atoms. The van der Waals surface area contributed by atoms with Crippen molar-refractivity contribution in [2.24, 2.45) is 29.4 Å². The van der Waals surface area contributed by atoms with E-state index < -0.39 is 0 Å². The molecule has 0 heterocycles.